The Balaban J connectivity index is 3.03. The van der Waals surface area contributed by atoms with E-state index in [0.29, 0.717) is 0 Å². The van der Waals surface area contributed by atoms with Crippen molar-refractivity contribution in [1.82, 2.24) is 0 Å². The molecule has 0 aliphatic heterocycles. The van der Waals surface area contributed by atoms with Crippen LogP contribution in [0, 0.1) is 6.61 Å². The summed E-state index contributed by atoms with van der Waals surface area (Å²) in [5, 5.41) is 0. The molecular weight excluding hydrogens is 569 g/mol. The van der Waals surface area contributed by atoms with Gasteiger partial charge in [0.25, 0.3) is 0 Å². The zero-order valence-corrected chi connectivity index (χ0v) is 33.4. The first-order valence-corrected chi connectivity index (χ1v) is 22.8. The average molecular weight is 662 g/mol. The van der Waals surface area contributed by atoms with Crippen LogP contribution in [-0.4, -0.2) is 6.61 Å². The highest BCUT2D eigenvalue weighted by atomic mass is 16.5. The standard InChI is InChI=1S/C46H93O/c1-3-5-7-9-11-13-15-17-19-21-22-23-24-25-26-27-28-29-30-32-34-36-38-40-42-44-46-47-45-43-41-39-37-35-33-31-20-18-16-14-12-10-8-6-4-2/h46H,3-45H2,1-2H3. The Hall–Kier alpha value is -0.0400. The van der Waals surface area contributed by atoms with Crippen LogP contribution in [0.3, 0.4) is 0 Å². The summed E-state index contributed by atoms with van der Waals surface area (Å²) in [6, 6.07) is 0. The van der Waals surface area contributed by atoms with Crippen LogP contribution in [-0.2, 0) is 4.74 Å². The van der Waals surface area contributed by atoms with Crippen LogP contribution in [0.2, 0.25) is 0 Å². The fourth-order valence-electron chi connectivity index (χ4n) is 7.27. The Morgan fingerprint density at radius 3 is 0.660 bits per heavy atom. The summed E-state index contributed by atoms with van der Waals surface area (Å²) in [5.74, 6) is 0. The number of hydrogen-bond donors (Lipinski definition) is 0. The lowest BCUT2D eigenvalue weighted by molar-refractivity contribution is 0.183. The Morgan fingerprint density at radius 1 is 0.234 bits per heavy atom. The lowest BCUT2D eigenvalue weighted by Crippen LogP contribution is -1.92. The van der Waals surface area contributed by atoms with Gasteiger partial charge in [-0.15, -0.1) is 0 Å². The predicted octanol–water partition coefficient (Wildman–Crippen LogP) is 17.6. The second-order valence-electron chi connectivity index (χ2n) is 15.6. The van der Waals surface area contributed by atoms with Crippen molar-refractivity contribution in [3.63, 3.8) is 0 Å². The van der Waals surface area contributed by atoms with Gasteiger partial charge in [0, 0.05) is 6.61 Å². The molecule has 0 amide bonds. The number of ether oxygens (including phenoxy) is 1. The van der Waals surface area contributed by atoms with Crippen LogP contribution in [0.4, 0.5) is 0 Å². The summed E-state index contributed by atoms with van der Waals surface area (Å²) in [4.78, 5) is 0. The minimum Gasteiger partial charge on any atom is -0.376 e. The van der Waals surface area contributed by atoms with E-state index in [4.69, 9.17) is 4.74 Å². The monoisotopic (exact) mass is 662 g/mol. The van der Waals surface area contributed by atoms with Gasteiger partial charge in [-0.1, -0.05) is 271 Å². The van der Waals surface area contributed by atoms with Gasteiger partial charge < -0.3 is 4.74 Å². The largest absolute Gasteiger partial charge is 0.376 e. The van der Waals surface area contributed by atoms with Gasteiger partial charge >= 0.3 is 0 Å². The van der Waals surface area contributed by atoms with Crippen molar-refractivity contribution < 1.29 is 4.74 Å². The molecule has 47 heavy (non-hydrogen) atoms. The maximum Gasteiger partial charge on any atom is 0.0836 e. The van der Waals surface area contributed by atoms with Gasteiger partial charge in [0.1, 0.15) is 0 Å². The minimum atomic E-state index is 0.942. The Labute approximate surface area is 300 Å². The van der Waals surface area contributed by atoms with Gasteiger partial charge in [0.15, 0.2) is 0 Å². The van der Waals surface area contributed by atoms with Crippen molar-refractivity contribution in [3.8, 4) is 0 Å². The molecule has 0 saturated heterocycles. The van der Waals surface area contributed by atoms with Gasteiger partial charge in [0.2, 0.25) is 0 Å². The van der Waals surface area contributed by atoms with E-state index >= 15 is 0 Å². The lowest BCUT2D eigenvalue weighted by atomic mass is 10.0. The Bertz CT molecular complexity index is 457. The van der Waals surface area contributed by atoms with Crippen LogP contribution in [0.15, 0.2) is 0 Å². The Kier molecular flexibility index (Phi) is 45.9. The van der Waals surface area contributed by atoms with Crippen LogP contribution < -0.4 is 0 Å². The first kappa shape index (κ1) is 47.0. The number of hydrogen-bond acceptors (Lipinski definition) is 1. The van der Waals surface area contributed by atoms with Crippen molar-refractivity contribution in [1.29, 1.82) is 0 Å². The Morgan fingerprint density at radius 2 is 0.426 bits per heavy atom. The van der Waals surface area contributed by atoms with Crippen molar-refractivity contribution in [3.05, 3.63) is 6.61 Å². The highest BCUT2D eigenvalue weighted by Gasteiger charge is 1.98. The summed E-state index contributed by atoms with van der Waals surface area (Å²) in [6.45, 7) is 7.66. The summed E-state index contributed by atoms with van der Waals surface area (Å²) < 4.78 is 5.78. The van der Waals surface area contributed by atoms with E-state index in [1.807, 2.05) is 0 Å². The van der Waals surface area contributed by atoms with Gasteiger partial charge in [0.05, 0.1) is 6.61 Å². The summed E-state index contributed by atoms with van der Waals surface area (Å²) in [5.41, 5.74) is 0. The van der Waals surface area contributed by atoms with E-state index in [2.05, 4.69) is 20.5 Å². The zero-order valence-electron chi connectivity index (χ0n) is 33.4. The van der Waals surface area contributed by atoms with Crippen LogP contribution >= 0.6 is 0 Å². The molecule has 0 aromatic rings. The second kappa shape index (κ2) is 46.0. The maximum absolute atomic E-state index is 5.78. The lowest BCUT2D eigenvalue weighted by Gasteiger charge is -2.05. The molecule has 0 N–H and O–H groups in total. The zero-order chi connectivity index (χ0) is 33.8. The van der Waals surface area contributed by atoms with Crippen molar-refractivity contribution in [2.75, 3.05) is 6.61 Å². The van der Waals surface area contributed by atoms with Crippen LogP contribution in [0.1, 0.15) is 284 Å². The fourth-order valence-corrected chi connectivity index (χ4v) is 7.27. The van der Waals surface area contributed by atoms with Crippen LogP contribution in [0.25, 0.3) is 0 Å². The molecule has 0 saturated carbocycles. The van der Waals surface area contributed by atoms with Gasteiger partial charge in [-0.2, -0.15) is 0 Å². The summed E-state index contributed by atoms with van der Waals surface area (Å²) in [6.07, 6.45) is 60.6. The van der Waals surface area contributed by atoms with Crippen LogP contribution in [0.5, 0.6) is 0 Å². The molecule has 0 atom stereocenters. The number of unbranched alkanes of at least 4 members (excludes halogenated alkanes) is 40. The first-order valence-electron chi connectivity index (χ1n) is 22.8. The molecule has 283 valence electrons. The molecule has 0 bridgehead atoms. The quantitative estimate of drug-likeness (QED) is 0.0590. The predicted molar refractivity (Wildman–Crippen MR) is 216 cm³/mol. The van der Waals surface area contributed by atoms with E-state index in [1.165, 1.54) is 263 Å². The van der Waals surface area contributed by atoms with E-state index in [9.17, 15) is 0 Å². The third-order valence-corrected chi connectivity index (χ3v) is 10.7. The first-order chi connectivity index (χ1) is 23.4. The normalized spacial score (nSPS) is 11.6. The molecule has 0 aliphatic rings. The molecule has 0 aromatic carbocycles. The SMILES string of the molecule is CCCCCCCCCCCCCCCCCCCCCCCCCCC[CH]OCCCCCCCCCCCCCCCCCC. The van der Waals surface area contributed by atoms with Gasteiger partial charge in [-0.3, -0.25) is 0 Å². The van der Waals surface area contributed by atoms with Gasteiger partial charge in [-0.25, -0.2) is 0 Å². The van der Waals surface area contributed by atoms with Gasteiger partial charge in [-0.05, 0) is 12.8 Å². The molecule has 0 fully saturated rings. The minimum absolute atomic E-state index is 0.942. The van der Waals surface area contributed by atoms with Crippen molar-refractivity contribution >= 4 is 0 Å². The fraction of sp³-hybridized carbons (Fsp3) is 0.978. The average Bonchev–Trinajstić information content (AvgIpc) is 3.08. The second-order valence-corrected chi connectivity index (χ2v) is 15.6. The van der Waals surface area contributed by atoms with E-state index in [-0.39, 0.29) is 0 Å². The highest BCUT2D eigenvalue weighted by Crippen LogP contribution is 2.17. The summed E-state index contributed by atoms with van der Waals surface area (Å²) >= 11 is 0. The third kappa shape index (κ3) is 46.0. The van der Waals surface area contributed by atoms with E-state index < -0.39 is 0 Å². The van der Waals surface area contributed by atoms with E-state index in [1.54, 1.807) is 0 Å². The molecule has 1 heteroatoms. The maximum atomic E-state index is 5.78. The highest BCUT2D eigenvalue weighted by molar-refractivity contribution is 4.55. The molecule has 0 heterocycles. The molecule has 0 aliphatic carbocycles. The van der Waals surface area contributed by atoms with Crippen molar-refractivity contribution in [2.24, 2.45) is 0 Å². The molecule has 1 radical (unpaired) electrons. The molecule has 1 nitrogen and oxygen atoms in total. The molecule has 0 rings (SSSR count). The molecule has 0 unspecified atom stereocenters. The molecular formula is C46H93O. The number of rotatable bonds is 44. The topological polar surface area (TPSA) is 9.23 Å². The molecule has 0 spiro atoms. The van der Waals surface area contributed by atoms with Crippen molar-refractivity contribution in [2.45, 2.75) is 284 Å². The third-order valence-electron chi connectivity index (χ3n) is 10.7. The smallest absolute Gasteiger partial charge is 0.0836 e. The summed E-state index contributed by atoms with van der Waals surface area (Å²) in [7, 11) is 0. The van der Waals surface area contributed by atoms with E-state index in [0.717, 1.165) is 13.0 Å². The molecule has 0 aromatic heterocycles.